The predicted molar refractivity (Wildman–Crippen MR) is 77.6 cm³/mol. The average molecular weight is 258 g/mol. The lowest BCUT2D eigenvalue weighted by Crippen LogP contribution is -2.14. The Morgan fingerprint density at radius 3 is 2.58 bits per heavy atom. The van der Waals surface area contributed by atoms with Crippen LogP contribution < -0.4 is 5.32 Å². The molecule has 0 amide bonds. The summed E-state index contributed by atoms with van der Waals surface area (Å²) in [6.45, 7) is 10.3. The highest BCUT2D eigenvalue weighted by Crippen LogP contribution is 2.16. The summed E-state index contributed by atoms with van der Waals surface area (Å²) in [6.07, 6.45) is 4.94. The van der Waals surface area contributed by atoms with Crippen molar-refractivity contribution in [2.75, 3.05) is 6.54 Å². The summed E-state index contributed by atoms with van der Waals surface area (Å²) in [5.74, 6) is 0.970. The Balaban J connectivity index is 2.22. The predicted octanol–water partition coefficient (Wildman–Crippen LogP) is 2.69. The molecule has 0 bridgehead atoms. The largest absolute Gasteiger partial charge is 0.313 e. The molecule has 0 aliphatic rings. The smallest absolute Gasteiger partial charge is 0.140 e. The van der Waals surface area contributed by atoms with Gasteiger partial charge in [-0.2, -0.15) is 0 Å². The van der Waals surface area contributed by atoms with E-state index in [-0.39, 0.29) is 0 Å². The van der Waals surface area contributed by atoms with Gasteiger partial charge in [0, 0.05) is 18.4 Å². The maximum Gasteiger partial charge on any atom is 0.140 e. The van der Waals surface area contributed by atoms with Crippen molar-refractivity contribution in [1.82, 2.24) is 19.9 Å². The first-order valence-corrected chi connectivity index (χ1v) is 6.80. The van der Waals surface area contributed by atoms with Gasteiger partial charge in [-0.25, -0.2) is 9.97 Å². The lowest BCUT2D eigenvalue weighted by molar-refractivity contribution is 0.673. The Morgan fingerprint density at radius 1 is 1.21 bits per heavy atom. The molecule has 0 saturated carbocycles. The first kappa shape index (κ1) is 13.7. The highest BCUT2D eigenvalue weighted by atomic mass is 15.1. The van der Waals surface area contributed by atoms with E-state index in [4.69, 9.17) is 0 Å². The summed E-state index contributed by atoms with van der Waals surface area (Å²) >= 11 is 0. The Bertz CT molecular complexity index is 557. The van der Waals surface area contributed by atoms with Crippen LogP contribution in [0.3, 0.4) is 0 Å². The second kappa shape index (κ2) is 5.97. The molecule has 2 rings (SSSR count). The standard InChI is InChI=1S/C15H22N4/c1-5-6-16-8-14-7-11(2)15(17-9-14)19-10-18-12(3)13(19)4/h7,9-10,16H,5-6,8H2,1-4H3. The highest BCUT2D eigenvalue weighted by Gasteiger charge is 2.08. The van der Waals surface area contributed by atoms with Crippen LogP contribution in [-0.2, 0) is 6.54 Å². The normalized spacial score (nSPS) is 10.9. The third-order valence-electron chi connectivity index (χ3n) is 3.34. The number of imidazole rings is 1. The van der Waals surface area contributed by atoms with Gasteiger partial charge >= 0.3 is 0 Å². The number of pyridine rings is 1. The minimum Gasteiger partial charge on any atom is -0.313 e. The van der Waals surface area contributed by atoms with Gasteiger partial charge in [0.1, 0.15) is 12.1 Å². The summed E-state index contributed by atoms with van der Waals surface area (Å²) in [6, 6.07) is 2.19. The summed E-state index contributed by atoms with van der Waals surface area (Å²) < 4.78 is 2.05. The molecule has 0 aliphatic heterocycles. The fraction of sp³-hybridized carbons (Fsp3) is 0.467. The van der Waals surface area contributed by atoms with Crippen LogP contribution in [-0.4, -0.2) is 21.1 Å². The molecule has 0 spiro atoms. The lowest BCUT2D eigenvalue weighted by Gasteiger charge is -2.10. The molecule has 1 N–H and O–H groups in total. The van der Waals surface area contributed by atoms with Gasteiger partial charge in [0.25, 0.3) is 0 Å². The molecule has 102 valence electrons. The van der Waals surface area contributed by atoms with E-state index < -0.39 is 0 Å². The van der Waals surface area contributed by atoms with Crippen LogP contribution in [0, 0.1) is 20.8 Å². The van der Waals surface area contributed by atoms with Crippen molar-refractivity contribution in [3.8, 4) is 5.82 Å². The zero-order valence-electron chi connectivity index (χ0n) is 12.2. The Labute approximate surface area is 114 Å². The molecule has 4 nitrogen and oxygen atoms in total. The third-order valence-corrected chi connectivity index (χ3v) is 3.34. The van der Waals surface area contributed by atoms with E-state index in [0.717, 1.165) is 36.7 Å². The van der Waals surface area contributed by atoms with E-state index in [9.17, 15) is 0 Å². The topological polar surface area (TPSA) is 42.7 Å². The molecule has 0 fully saturated rings. The highest BCUT2D eigenvalue weighted by molar-refractivity contribution is 5.37. The monoisotopic (exact) mass is 258 g/mol. The summed E-state index contributed by atoms with van der Waals surface area (Å²) in [5, 5.41) is 3.39. The third kappa shape index (κ3) is 3.01. The number of nitrogens with one attached hydrogen (secondary N) is 1. The molecule has 0 saturated heterocycles. The molecule has 0 aliphatic carbocycles. The van der Waals surface area contributed by atoms with Crippen molar-refractivity contribution < 1.29 is 0 Å². The van der Waals surface area contributed by atoms with Gasteiger partial charge in [-0.05, 0) is 50.9 Å². The fourth-order valence-electron chi connectivity index (χ4n) is 2.10. The minimum atomic E-state index is 0.879. The van der Waals surface area contributed by atoms with Gasteiger partial charge in [-0.15, -0.1) is 0 Å². The number of aromatic nitrogens is 3. The average Bonchev–Trinajstić information content (AvgIpc) is 2.71. The van der Waals surface area contributed by atoms with Gasteiger partial charge in [0.05, 0.1) is 5.69 Å². The molecule has 0 radical (unpaired) electrons. The maximum atomic E-state index is 4.58. The van der Waals surface area contributed by atoms with Gasteiger partial charge in [-0.1, -0.05) is 6.92 Å². The molecule has 19 heavy (non-hydrogen) atoms. The zero-order chi connectivity index (χ0) is 13.8. The van der Waals surface area contributed by atoms with E-state index in [2.05, 4.69) is 42.1 Å². The Morgan fingerprint density at radius 2 is 2.00 bits per heavy atom. The number of rotatable bonds is 5. The van der Waals surface area contributed by atoms with Crippen molar-refractivity contribution in [3.63, 3.8) is 0 Å². The van der Waals surface area contributed by atoms with Crippen LogP contribution in [0.2, 0.25) is 0 Å². The second-order valence-electron chi connectivity index (χ2n) is 4.95. The Kier molecular flexibility index (Phi) is 4.32. The molecule has 0 unspecified atom stereocenters. The van der Waals surface area contributed by atoms with Crippen molar-refractivity contribution in [3.05, 3.63) is 41.1 Å². The Hall–Kier alpha value is -1.68. The van der Waals surface area contributed by atoms with Crippen LogP contribution in [0.5, 0.6) is 0 Å². The molecular formula is C15H22N4. The van der Waals surface area contributed by atoms with Gasteiger partial charge in [-0.3, -0.25) is 4.57 Å². The minimum absolute atomic E-state index is 0.879. The van der Waals surface area contributed by atoms with Crippen molar-refractivity contribution in [2.24, 2.45) is 0 Å². The zero-order valence-corrected chi connectivity index (χ0v) is 12.2. The molecular weight excluding hydrogens is 236 g/mol. The van der Waals surface area contributed by atoms with Crippen LogP contribution >= 0.6 is 0 Å². The van der Waals surface area contributed by atoms with E-state index in [0.29, 0.717) is 0 Å². The second-order valence-corrected chi connectivity index (χ2v) is 4.95. The van der Waals surface area contributed by atoms with Crippen LogP contribution in [0.4, 0.5) is 0 Å². The van der Waals surface area contributed by atoms with E-state index >= 15 is 0 Å². The molecule has 4 heteroatoms. The maximum absolute atomic E-state index is 4.58. The number of nitrogens with zero attached hydrogens (tertiary/aromatic N) is 3. The lowest BCUT2D eigenvalue weighted by atomic mass is 10.2. The van der Waals surface area contributed by atoms with E-state index in [1.165, 1.54) is 11.1 Å². The SMILES string of the molecule is CCCNCc1cnc(-n2cnc(C)c2C)c(C)c1. The number of hydrogen-bond acceptors (Lipinski definition) is 3. The van der Waals surface area contributed by atoms with Crippen molar-refractivity contribution in [2.45, 2.75) is 40.7 Å². The van der Waals surface area contributed by atoms with E-state index in [1.54, 1.807) is 0 Å². The molecule has 0 aromatic carbocycles. The van der Waals surface area contributed by atoms with Gasteiger partial charge in [0.2, 0.25) is 0 Å². The van der Waals surface area contributed by atoms with Crippen molar-refractivity contribution in [1.29, 1.82) is 0 Å². The summed E-state index contributed by atoms with van der Waals surface area (Å²) in [7, 11) is 0. The van der Waals surface area contributed by atoms with Crippen LogP contribution in [0.1, 0.15) is 35.9 Å². The molecule has 0 atom stereocenters. The fourth-order valence-corrected chi connectivity index (χ4v) is 2.10. The molecule has 2 aromatic heterocycles. The van der Waals surface area contributed by atoms with Gasteiger partial charge in [0.15, 0.2) is 0 Å². The van der Waals surface area contributed by atoms with Crippen molar-refractivity contribution >= 4 is 0 Å². The van der Waals surface area contributed by atoms with Crippen LogP contribution in [0.25, 0.3) is 5.82 Å². The molecule has 2 heterocycles. The number of hydrogen-bond donors (Lipinski definition) is 1. The molecule has 2 aromatic rings. The summed E-state index contributed by atoms with van der Waals surface area (Å²) in [4.78, 5) is 8.91. The first-order chi connectivity index (χ1) is 9.13. The summed E-state index contributed by atoms with van der Waals surface area (Å²) in [5.41, 5.74) is 4.60. The van der Waals surface area contributed by atoms with E-state index in [1.807, 2.05) is 24.0 Å². The van der Waals surface area contributed by atoms with Gasteiger partial charge < -0.3 is 5.32 Å². The quantitative estimate of drug-likeness (QED) is 0.838. The first-order valence-electron chi connectivity index (χ1n) is 6.80. The number of aryl methyl sites for hydroxylation is 2. The van der Waals surface area contributed by atoms with Crippen LogP contribution in [0.15, 0.2) is 18.6 Å².